The third-order valence-corrected chi connectivity index (χ3v) is 5.72. The molecular formula is C16H25N3O3S. The number of carbonyl (C=O) groups excluding carboxylic acids is 1. The summed E-state index contributed by atoms with van der Waals surface area (Å²) in [4.78, 5) is 19.7. The van der Waals surface area contributed by atoms with Crippen LogP contribution in [0.25, 0.3) is 0 Å². The zero-order valence-corrected chi connectivity index (χ0v) is 14.7. The molecule has 3 rings (SSSR count). The fourth-order valence-corrected chi connectivity index (χ4v) is 4.41. The average Bonchev–Trinajstić information content (AvgIpc) is 3.14. The predicted octanol–water partition coefficient (Wildman–Crippen LogP) is 1.20. The molecule has 1 amide bonds. The Bertz CT molecular complexity index is 550. The number of ether oxygens (including phenoxy) is 2. The summed E-state index contributed by atoms with van der Waals surface area (Å²) in [5.41, 5.74) is 0.647. The van der Waals surface area contributed by atoms with Gasteiger partial charge in [-0.1, -0.05) is 0 Å². The fourth-order valence-electron chi connectivity index (χ4n) is 3.60. The second kappa shape index (κ2) is 7.25. The number of rotatable bonds is 6. The summed E-state index contributed by atoms with van der Waals surface area (Å²) < 4.78 is 10.9. The summed E-state index contributed by atoms with van der Waals surface area (Å²) in [5.74, 6) is 0.108. The molecule has 0 spiro atoms. The van der Waals surface area contributed by atoms with Crippen molar-refractivity contribution in [1.82, 2.24) is 15.2 Å². The third-order valence-electron chi connectivity index (χ3n) is 4.77. The van der Waals surface area contributed by atoms with Gasteiger partial charge >= 0.3 is 0 Å². The maximum absolute atomic E-state index is 12.8. The summed E-state index contributed by atoms with van der Waals surface area (Å²) >= 11 is 1.69. The first kappa shape index (κ1) is 16.8. The molecule has 128 valence electrons. The minimum Gasteiger partial charge on any atom is -0.383 e. The second-order valence-electron chi connectivity index (χ2n) is 6.40. The van der Waals surface area contributed by atoms with Crippen LogP contribution in [-0.2, 0) is 20.8 Å². The summed E-state index contributed by atoms with van der Waals surface area (Å²) in [5, 5.41) is 6.22. The second-order valence-corrected chi connectivity index (χ2v) is 7.34. The molecule has 2 aliphatic rings. The van der Waals surface area contributed by atoms with Crippen LogP contribution in [-0.4, -0.2) is 61.9 Å². The van der Waals surface area contributed by atoms with Gasteiger partial charge in [-0.25, -0.2) is 4.98 Å². The van der Waals surface area contributed by atoms with Crippen LogP contribution in [0.15, 0.2) is 5.38 Å². The Kier molecular flexibility index (Phi) is 5.31. The molecule has 2 saturated heterocycles. The summed E-state index contributed by atoms with van der Waals surface area (Å²) in [6, 6.07) is 0. The van der Waals surface area contributed by atoms with Gasteiger partial charge in [-0.3, -0.25) is 9.69 Å². The first-order valence-electron chi connectivity index (χ1n) is 8.16. The lowest BCUT2D eigenvalue weighted by Gasteiger charge is -2.42. The van der Waals surface area contributed by atoms with Gasteiger partial charge in [0.15, 0.2) is 0 Å². The Balaban J connectivity index is 1.67. The highest BCUT2D eigenvalue weighted by Crippen LogP contribution is 2.41. The van der Waals surface area contributed by atoms with Crippen molar-refractivity contribution in [2.45, 2.75) is 32.4 Å². The number of fused-ring (bicyclic) bond motifs is 1. The molecular weight excluding hydrogens is 314 g/mol. The number of aromatic nitrogens is 1. The number of hydrogen-bond acceptors (Lipinski definition) is 6. The first-order valence-corrected chi connectivity index (χ1v) is 9.04. The van der Waals surface area contributed by atoms with Crippen LogP contribution in [0.2, 0.25) is 0 Å². The zero-order chi connectivity index (χ0) is 16.3. The average molecular weight is 339 g/mol. The third kappa shape index (κ3) is 3.57. The maximum atomic E-state index is 12.8. The van der Waals surface area contributed by atoms with E-state index >= 15 is 0 Å². The molecule has 23 heavy (non-hydrogen) atoms. The van der Waals surface area contributed by atoms with E-state index in [1.54, 1.807) is 18.4 Å². The Morgan fingerprint density at radius 1 is 1.65 bits per heavy atom. The zero-order valence-electron chi connectivity index (χ0n) is 13.8. The topological polar surface area (TPSA) is 63.7 Å². The number of aryl methyl sites for hydroxylation is 1. The van der Waals surface area contributed by atoms with Crippen LogP contribution in [0.5, 0.6) is 0 Å². The highest BCUT2D eigenvalue weighted by molar-refractivity contribution is 7.09. The number of nitrogens with one attached hydrogen (secondary N) is 1. The van der Waals surface area contributed by atoms with Crippen molar-refractivity contribution in [3.05, 3.63) is 16.1 Å². The van der Waals surface area contributed by atoms with Gasteiger partial charge in [0, 0.05) is 44.4 Å². The van der Waals surface area contributed by atoms with Crippen molar-refractivity contribution < 1.29 is 14.3 Å². The predicted molar refractivity (Wildman–Crippen MR) is 88.4 cm³/mol. The molecule has 1 aromatic heterocycles. The molecule has 0 unspecified atom stereocenters. The monoisotopic (exact) mass is 339 g/mol. The van der Waals surface area contributed by atoms with Crippen LogP contribution in [0.3, 0.4) is 0 Å². The minimum absolute atomic E-state index is 0.0410. The standard InChI is InChI=1S/C16H25N3O3S/c1-12-10-23-14(18-12)9-19-6-3-13-16(11-19,4-7-22-13)15(20)17-5-8-21-2/h10,13H,3-9,11H2,1-2H3,(H,17,20)/t13-,16-/m1/s1. The molecule has 1 N–H and O–H groups in total. The van der Waals surface area contributed by atoms with E-state index in [9.17, 15) is 4.79 Å². The van der Waals surface area contributed by atoms with Crippen LogP contribution in [0.4, 0.5) is 0 Å². The molecule has 2 aliphatic heterocycles. The fraction of sp³-hybridized carbons (Fsp3) is 0.750. The highest BCUT2D eigenvalue weighted by atomic mass is 32.1. The quantitative estimate of drug-likeness (QED) is 0.789. The van der Waals surface area contributed by atoms with Crippen molar-refractivity contribution >= 4 is 17.2 Å². The molecule has 0 radical (unpaired) electrons. The Morgan fingerprint density at radius 3 is 3.26 bits per heavy atom. The molecule has 1 aromatic rings. The van der Waals surface area contributed by atoms with Crippen molar-refractivity contribution in [3.8, 4) is 0 Å². The van der Waals surface area contributed by atoms with Crippen molar-refractivity contribution in [3.63, 3.8) is 0 Å². The van der Waals surface area contributed by atoms with Gasteiger partial charge in [0.05, 0.1) is 24.7 Å². The Labute approximate surface area is 141 Å². The normalized spacial score (nSPS) is 27.8. The Hall–Kier alpha value is -1.02. The van der Waals surface area contributed by atoms with Crippen molar-refractivity contribution in [1.29, 1.82) is 0 Å². The number of amides is 1. The van der Waals surface area contributed by atoms with E-state index in [1.165, 1.54) is 0 Å². The largest absolute Gasteiger partial charge is 0.383 e. The van der Waals surface area contributed by atoms with Crippen molar-refractivity contribution in [2.24, 2.45) is 5.41 Å². The van der Waals surface area contributed by atoms with Gasteiger partial charge in [0.25, 0.3) is 0 Å². The summed E-state index contributed by atoms with van der Waals surface area (Å²) in [6.07, 6.45) is 1.74. The molecule has 0 aromatic carbocycles. The summed E-state index contributed by atoms with van der Waals surface area (Å²) in [6.45, 7) is 6.29. The van der Waals surface area contributed by atoms with E-state index in [0.29, 0.717) is 19.8 Å². The number of nitrogens with zero attached hydrogens (tertiary/aromatic N) is 2. The lowest BCUT2D eigenvalue weighted by Crippen LogP contribution is -2.57. The van der Waals surface area contributed by atoms with Gasteiger partial charge in [0.1, 0.15) is 5.01 Å². The molecule has 2 fully saturated rings. The maximum Gasteiger partial charge on any atom is 0.230 e. The summed E-state index contributed by atoms with van der Waals surface area (Å²) in [7, 11) is 1.64. The van der Waals surface area contributed by atoms with Gasteiger partial charge in [-0.05, 0) is 19.8 Å². The van der Waals surface area contributed by atoms with E-state index in [4.69, 9.17) is 9.47 Å². The molecule has 0 bridgehead atoms. The molecule has 3 heterocycles. The minimum atomic E-state index is -0.418. The van der Waals surface area contributed by atoms with Crippen LogP contribution in [0.1, 0.15) is 23.5 Å². The van der Waals surface area contributed by atoms with E-state index < -0.39 is 5.41 Å². The lowest BCUT2D eigenvalue weighted by molar-refractivity contribution is -0.139. The number of hydrogen-bond donors (Lipinski definition) is 1. The Morgan fingerprint density at radius 2 is 2.52 bits per heavy atom. The SMILES string of the molecule is COCCNC(=O)[C@@]12CCO[C@@H]1CCN(Cc1nc(C)cs1)C2. The number of likely N-dealkylation sites (tertiary alicyclic amines) is 1. The van der Waals surface area contributed by atoms with E-state index in [0.717, 1.165) is 43.2 Å². The smallest absolute Gasteiger partial charge is 0.230 e. The van der Waals surface area contributed by atoms with Crippen LogP contribution in [0, 0.1) is 12.3 Å². The molecule has 6 nitrogen and oxygen atoms in total. The van der Waals surface area contributed by atoms with Crippen LogP contribution >= 0.6 is 11.3 Å². The van der Waals surface area contributed by atoms with E-state index in [-0.39, 0.29) is 12.0 Å². The number of piperidine rings is 1. The van der Waals surface area contributed by atoms with Gasteiger partial charge in [-0.15, -0.1) is 11.3 Å². The lowest BCUT2D eigenvalue weighted by atomic mass is 9.75. The molecule has 0 aliphatic carbocycles. The van der Waals surface area contributed by atoms with Crippen LogP contribution < -0.4 is 5.32 Å². The van der Waals surface area contributed by atoms with Crippen molar-refractivity contribution in [2.75, 3.05) is 40.0 Å². The number of thiazole rings is 1. The van der Waals surface area contributed by atoms with E-state index in [1.807, 2.05) is 6.92 Å². The molecule has 7 heteroatoms. The highest BCUT2D eigenvalue weighted by Gasteiger charge is 2.53. The first-order chi connectivity index (χ1) is 11.1. The molecule has 2 atom stereocenters. The number of carbonyl (C=O) groups is 1. The number of methoxy groups -OCH3 is 1. The van der Waals surface area contributed by atoms with E-state index in [2.05, 4.69) is 20.6 Å². The molecule has 0 saturated carbocycles. The van der Waals surface area contributed by atoms with Gasteiger partial charge in [0.2, 0.25) is 5.91 Å². The van der Waals surface area contributed by atoms with Gasteiger partial charge in [-0.2, -0.15) is 0 Å². The van der Waals surface area contributed by atoms with Gasteiger partial charge < -0.3 is 14.8 Å².